The molecule has 5 rings (SSSR count). The third kappa shape index (κ3) is 7.38. The van der Waals surface area contributed by atoms with Crippen molar-refractivity contribution < 1.29 is 22.7 Å². The van der Waals surface area contributed by atoms with Crippen molar-refractivity contribution in [2.75, 3.05) is 17.2 Å². The number of aliphatic imine (C=N–C) groups is 1. The predicted molar refractivity (Wildman–Crippen MR) is 163 cm³/mol. The molecule has 2 heterocycles. The molecule has 9 nitrogen and oxygen atoms in total. The summed E-state index contributed by atoms with van der Waals surface area (Å²) < 4.78 is 42.6. The van der Waals surface area contributed by atoms with E-state index in [9.17, 15) is 23.2 Å². The number of ether oxygens (including phenoxy) is 1. The Labute approximate surface area is 256 Å². The Balaban J connectivity index is 1.27. The van der Waals surface area contributed by atoms with Crippen LogP contribution in [0.2, 0.25) is 0 Å². The number of hydrogen-bond acceptors (Lipinski definition) is 6. The zero-order valence-corrected chi connectivity index (χ0v) is 24.6. The molecule has 1 atom stereocenters. The summed E-state index contributed by atoms with van der Waals surface area (Å²) in [5, 5.41) is 17.5. The van der Waals surface area contributed by atoms with Crippen LogP contribution in [0.5, 0.6) is 5.75 Å². The number of thioether (sulfide) groups is 1. The highest BCUT2D eigenvalue weighted by Crippen LogP contribution is 2.32. The van der Waals surface area contributed by atoms with Gasteiger partial charge in [-0.1, -0.05) is 68.1 Å². The van der Waals surface area contributed by atoms with Gasteiger partial charge < -0.3 is 15.0 Å². The standard InChI is InChI=1S/C31H28F3N7O2S/c1-20(2)25-6-3-4-7-27(25)40-16-5-17-44-30(40)38-29(42)37-26(18-35)21-8-10-22(11-9-21)28-36-19-41(39-28)23-12-14-24(15-13-23)43-31(32,33)34/h3-4,6-15,19-20,26H,5,16-17H2,1-2H3,(H,37,42)/b38-30-. The molecule has 0 saturated carbocycles. The minimum Gasteiger partial charge on any atom is -0.406 e. The van der Waals surface area contributed by atoms with E-state index < -0.39 is 18.4 Å². The van der Waals surface area contributed by atoms with Gasteiger partial charge in [-0.15, -0.1) is 18.3 Å². The maximum atomic E-state index is 13.0. The fraction of sp³-hybridized carbons (Fsp3) is 0.258. The molecule has 1 aliphatic heterocycles. The number of nitrogens with one attached hydrogen (secondary N) is 1. The minimum atomic E-state index is -4.77. The zero-order chi connectivity index (χ0) is 31.3. The number of alkyl halides is 3. The van der Waals surface area contributed by atoms with E-state index in [4.69, 9.17) is 0 Å². The molecule has 0 radical (unpaired) electrons. The first-order chi connectivity index (χ1) is 21.1. The first-order valence-corrected chi connectivity index (χ1v) is 14.8. The molecular weight excluding hydrogens is 591 g/mol. The lowest BCUT2D eigenvalue weighted by Gasteiger charge is -2.31. The highest BCUT2D eigenvalue weighted by atomic mass is 32.2. The van der Waals surface area contributed by atoms with Crippen molar-refractivity contribution in [3.8, 4) is 28.9 Å². The van der Waals surface area contributed by atoms with Gasteiger partial charge in [-0.2, -0.15) is 10.3 Å². The SMILES string of the molecule is CC(C)c1ccccc1N1CCCS/C1=N\C(=O)NC(C#N)c1ccc(-c2ncn(-c3ccc(OC(F)(F)F)cc3)n2)cc1. The molecule has 0 aliphatic carbocycles. The van der Waals surface area contributed by atoms with Gasteiger partial charge in [-0.05, 0) is 53.8 Å². The number of halogens is 3. The number of amidine groups is 1. The Hall–Kier alpha value is -4.83. The van der Waals surface area contributed by atoms with E-state index in [-0.39, 0.29) is 5.75 Å². The Morgan fingerprint density at radius 1 is 1.09 bits per heavy atom. The van der Waals surface area contributed by atoms with Crippen molar-refractivity contribution >= 4 is 28.6 Å². The quantitative estimate of drug-likeness (QED) is 0.233. The molecule has 44 heavy (non-hydrogen) atoms. The monoisotopic (exact) mass is 619 g/mol. The van der Waals surface area contributed by atoms with Gasteiger partial charge in [0.15, 0.2) is 11.0 Å². The molecule has 1 saturated heterocycles. The first-order valence-electron chi connectivity index (χ1n) is 13.8. The second-order valence-corrected chi connectivity index (χ2v) is 11.2. The van der Waals surface area contributed by atoms with Crippen LogP contribution in [0.25, 0.3) is 17.1 Å². The summed E-state index contributed by atoms with van der Waals surface area (Å²) in [5.41, 5.74) is 3.89. The van der Waals surface area contributed by atoms with E-state index >= 15 is 0 Å². The van der Waals surface area contributed by atoms with E-state index in [1.807, 2.05) is 18.2 Å². The maximum absolute atomic E-state index is 13.0. The summed E-state index contributed by atoms with van der Waals surface area (Å²) in [6.07, 6.45) is -2.38. The molecule has 4 aromatic rings. The number of para-hydroxylation sites is 1. The van der Waals surface area contributed by atoms with Crippen LogP contribution >= 0.6 is 11.8 Å². The molecule has 226 valence electrons. The largest absolute Gasteiger partial charge is 0.573 e. The van der Waals surface area contributed by atoms with Gasteiger partial charge in [0.2, 0.25) is 0 Å². The minimum absolute atomic E-state index is 0.302. The maximum Gasteiger partial charge on any atom is 0.573 e. The summed E-state index contributed by atoms with van der Waals surface area (Å²) in [6.45, 7) is 5.00. The van der Waals surface area contributed by atoms with E-state index in [0.29, 0.717) is 33.7 Å². The molecule has 0 spiro atoms. The molecule has 13 heteroatoms. The van der Waals surface area contributed by atoms with Crippen molar-refractivity contribution in [3.63, 3.8) is 0 Å². The van der Waals surface area contributed by atoms with Crippen LogP contribution in [0.1, 0.15) is 43.4 Å². The second-order valence-electron chi connectivity index (χ2n) is 10.1. The van der Waals surface area contributed by atoms with Crippen LogP contribution in [0.15, 0.2) is 84.1 Å². The molecular formula is C31H28F3N7O2S. The Morgan fingerprint density at radius 2 is 1.82 bits per heavy atom. The van der Waals surface area contributed by atoms with Crippen molar-refractivity contribution in [1.29, 1.82) is 5.26 Å². The summed E-state index contributed by atoms with van der Waals surface area (Å²) in [5.74, 6) is 1.18. The zero-order valence-electron chi connectivity index (χ0n) is 23.8. The Bertz CT molecular complexity index is 1680. The van der Waals surface area contributed by atoms with Crippen LogP contribution in [0, 0.1) is 11.3 Å². The van der Waals surface area contributed by atoms with Gasteiger partial charge in [0.1, 0.15) is 18.1 Å². The average Bonchev–Trinajstić information content (AvgIpc) is 3.50. The number of anilines is 1. The highest BCUT2D eigenvalue weighted by molar-refractivity contribution is 8.14. The molecule has 3 aromatic carbocycles. The number of carbonyl (C=O) groups is 1. The third-order valence-electron chi connectivity index (χ3n) is 6.76. The van der Waals surface area contributed by atoms with E-state index in [0.717, 1.165) is 24.4 Å². The summed E-state index contributed by atoms with van der Waals surface area (Å²) in [4.78, 5) is 23.7. The lowest BCUT2D eigenvalue weighted by atomic mass is 10.0. The Kier molecular flexibility index (Phi) is 9.20. The van der Waals surface area contributed by atoms with Crippen LogP contribution < -0.4 is 15.0 Å². The summed E-state index contributed by atoms with van der Waals surface area (Å²) in [7, 11) is 0. The van der Waals surface area contributed by atoms with Crippen LogP contribution in [-0.2, 0) is 0 Å². The molecule has 1 aromatic heterocycles. The number of carbonyl (C=O) groups excluding carboxylic acids is 1. The van der Waals surface area contributed by atoms with Crippen molar-refractivity contribution in [2.24, 2.45) is 4.99 Å². The number of hydrogen-bond donors (Lipinski definition) is 1. The number of rotatable bonds is 7. The second kappa shape index (κ2) is 13.2. The average molecular weight is 620 g/mol. The number of nitrogens with zero attached hydrogens (tertiary/aromatic N) is 6. The number of nitriles is 1. The van der Waals surface area contributed by atoms with E-state index in [1.165, 1.54) is 52.6 Å². The van der Waals surface area contributed by atoms with Crippen molar-refractivity contribution in [2.45, 2.75) is 38.6 Å². The fourth-order valence-electron chi connectivity index (χ4n) is 4.68. The van der Waals surface area contributed by atoms with Gasteiger partial charge in [-0.25, -0.2) is 14.5 Å². The van der Waals surface area contributed by atoms with Crippen molar-refractivity contribution in [1.82, 2.24) is 20.1 Å². The normalized spacial score (nSPS) is 15.2. The molecule has 0 bridgehead atoms. The third-order valence-corrected chi connectivity index (χ3v) is 7.82. The number of benzene rings is 3. The van der Waals surface area contributed by atoms with Crippen LogP contribution in [0.4, 0.5) is 23.7 Å². The van der Waals surface area contributed by atoms with E-state index in [2.05, 4.69) is 56.0 Å². The van der Waals surface area contributed by atoms with Gasteiger partial charge in [0, 0.05) is 23.5 Å². The molecule has 2 amide bonds. The number of aromatic nitrogens is 3. The molecule has 1 fully saturated rings. The van der Waals surface area contributed by atoms with Crippen molar-refractivity contribution in [3.05, 3.63) is 90.3 Å². The topological polar surface area (TPSA) is 108 Å². The fourth-order valence-corrected chi connectivity index (χ4v) is 5.62. The number of amides is 2. The predicted octanol–water partition coefficient (Wildman–Crippen LogP) is 7.23. The molecule has 1 aliphatic rings. The molecule has 1 N–H and O–H groups in total. The smallest absolute Gasteiger partial charge is 0.406 e. The summed E-state index contributed by atoms with van der Waals surface area (Å²) in [6, 6.07) is 20.7. The van der Waals surface area contributed by atoms with Gasteiger partial charge in [0.25, 0.3) is 0 Å². The lowest BCUT2D eigenvalue weighted by molar-refractivity contribution is -0.274. The van der Waals surface area contributed by atoms with Gasteiger partial charge in [0.05, 0.1) is 11.8 Å². The van der Waals surface area contributed by atoms with Crippen LogP contribution in [0.3, 0.4) is 0 Å². The number of urea groups is 1. The van der Waals surface area contributed by atoms with E-state index in [1.54, 1.807) is 24.3 Å². The highest BCUT2D eigenvalue weighted by Gasteiger charge is 2.31. The van der Waals surface area contributed by atoms with Gasteiger partial charge in [-0.3, -0.25) is 0 Å². The Morgan fingerprint density at radius 3 is 2.50 bits per heavy atom. The summed E-state index contributed by atoms with van der Waals surface area (Å²) >= 11 is 1.51. The van der Waals surface area contributed by atoms with Gasteiger partial charge >= 0.3 is 12.4 Å². The first kappa shape index (κ1) is 30.6. The van der Waals surface area contributed by atoms with Crippen LogP contribution in [-0.4, -0.2) is 44.6 Å². The molecule has 1 unspecified atom stereocenters. The lowest BCUT2D eigenvalue weighted by Crippen LogP contribution is -2.36.